The van der Waals surface area contributed by atoms with Crippen LogP contribution in [0.15, 0.2) is 30.3 Å². The summed E-state index contributed by atoms with van der Waals surface area (Å²) < 4.78 is 0. The first-order valence-electron chi connectivity index (χ1n) is 8.69. The molecule has 0 radical (unpaired) electrons. The molecule has 2 aromatic rings. The molecule has 1 aliphatic heterocycles. The van der Waals surface area contributed by atoms with Crippen molar-refractivity contribution in [1.82, 2.24) is 9.97 Å². The van der Waals surface area contributed by atoms with Crippen LogP contribution in [0.25, 0.3) is 0 Å². The zero-order valence-corrected chi connectivity index (χ0v) is 14.4. The van der Waals surface area contributed by atoms with Gasteiger partial charge in [0, 0.05) is 37.1 Å². The predicted octanol–water partition coefficient (Wildman–Crippen LogP) is 4.11. The van der Waals surface area contributed by atoms with Crippen molar-refractivity contribution in [2.45, 2.75) is 40.0 Å². The summed E-state index contributed by atoms with van der Waals surface area (Å²) in [5.74, 6) is 1.89. The molecular weight excluding hydrogens is 284 g/mol. The van der Waals surface area contributed by atoms with Gasteiger partial charge in [-0.2, -0.15) is 4.98 Å². The molecule has 4 heteroatoms. The molecule has 0 N–H and O–H groups in total. The Balaban J connectivity index is 1.95. The standard InChI is InChI=1S/C19H26N4/c1-4-11-22(12-5-2)19-20-15(3)14-18(21-19)23-13-10-16-8-6-7-9-17(16)23/h6-9,14H,4-5,10-13H2,1-3H3. The van der Waals surface area contributed by atoms with Crippen LogP contribution in [0.2, 0.25) is 0 Å². The fraction of sp³-hybridized carbons (Fsp3) is 0.474. The summed E-state index contributed by atoms with van der Waals surface area (Å²) in [6, 6.07) is 10.7. The van der Waals surface area contributed by atoms with Crippen LogP contribution in [0.1, 0.15) is 37.9 Å². The maximum atomic E-state index is 4.89. The van der Waals surface area contributed by atoms with Crippen LogP contribution in [0, 0.1) is 6.92 Å². The first-order chi connectivity index (χ1) is 11.2. The van der Waals surface area contributed by atoms with E-state index in [0.717, 1.165) is 56.4 Å². The predicted molar refractivity (Wildman–Crippen MR) is 96.7 cm³/mol. The fourth-order valence-electron chi connectivity index (χ4n) is 3.24. The van der Waals surface area contributed by atoms with Crippen LogP contribution < -0.4 is 9.80 Å². The first-order valence-corrected chi connectivity index (χ1v) is 8.69. The van der Waals surface area contributed by atoms with E-state index in [0.29, 0.717) is 0 Å². The Morgan fingerprint density at radius 3 is 2.57 bits per heavy atom. The fourth-order valence-corrected chi connectivity index (χ4v) is 3.24. The number of hydrogen-bond acceptors (Lipinski definition) is 4. The first kappa shape index (κ1) is 15.8. The van der Waals surface area contributed by atoms with Gasteiger partial charge in [0.05, 0.1) is 0 Å². The van der Waals surface area contributed by atoms with Crippen molar-refractivity contribution in [3.63, 3.8) is 0 Å². The Labute approximate surface area is 139 Å². The lowest BCUT2D eigenvalue weighted by Gasteiger charge is -2.24. The van der Waals surface area contributed by atoms with Crippen molar-refractivity contribution in [2.75, 3.05) is 29.4 Å². The number of rotatable bonds is 6. The van der Waals surface area contributed by atoms with Crippen molar-refractivity contribution >= 4 is 17.5 Å². The Morgan fingerprint density at radius 2 is 1.83 bits per heavy atom. The largest absolute Gasteiger partial charge is 0.341 e. The number of fused-ring (bicyclic) bond motifs is 1. The van der Waals surface area contributed by atoms with Gasteiger partial charge in [-0.3, -0.25) is 0 Å². The molecule has 1 aromatic heterocycles. The number of aromatic nitrogens is 2. The van der Waals surface area contributed by atoms with Crippen LogP contribution in [0.3, 0.4) is 0 Å². The van der Waals surface area contributed by atoms with Crippen molar-refractivity contribution in [1.29, 1.82) is 0 Å². The molecule has 4 nitrogen and oxygen atoms in total. The van der Waals surface area contributed by atoms with Gasteiger partial charge in [-0.25, -0.2) is 4.98 Å². The average Bonchev–Trinajstić information content (AvgIpc) is 2.98. The Bertz CT molecular complexity index is 662. The van der Waals surface area contributed by atoms with E-state index in [4.69, 9.17) is 4.98 Å². The minimum atomic E-state index is 0.869. The molecular formula is C19H26N4. The molecule has 2 heterocycles. The second kappa shape index (κ2) is 6.99. The lowest BCUT2D eigenvalue weighted by Crippen LogP contribution is -2.28. The highest BCUT2D eigenvalue weighted by Gasteiger charge is 2.22. The SMILES string of the molecule is CCCN(CCC)c1nc(C)cc(N2CCc3ccccc32)n1. The number of hydrogen-bond donors (Lipinski definition) is 0. The Hall–Kier alpha value is -2.10. The molecule has 23 heavy (non-hydrogen) atoms. The van der Waals surface area contributed by atoms with Gasteiger partial charge in [0.2, 0.25) is 5.95 Å². The van der Waals surface area contributed by atoms with Crippen molar-refractivity contribution in [2.24, 2.45) is 0 Å². The smallest absolute Gasteiger partial charge is 0.227 e. The number of para-hydroxylation sites is 1. The molecule has 3 rings (SSSR count). The zero-order chi connectivity index (χ0) is 16.2. The summed E-state index contributed by atoms with van der Waals surface area (Å²) in [4.78, 5) is 14.2. The van der Waals surface area contributed by atoms with Gasteiger partial charge in [0.25, 0.3) is 0 Å². The summed E-state index contributed by atoms with van der Waals surface area (Å²) in [5.41, 5.74) is 3.73. The van der Waals surface area contributed by atoms with Crippen LogP contribution in [0.5, 0.6) is 0 Å². The molecule has 0 bridgehead atoms. The van der Waals surface area contributed by atoms with E-state index < -0.39 is 0 Å². The zero-order valence-electron chi connectivity index (χ0n) is 14.4. The van der Waals surface area contributed by atoms with Gasteiger partial charge >= 0.3 is 0 Å². The van der Waals surface area contributed by atoms with Crippen LogP contribution >= 0.6 is 0 Å². The molecule has 0 saturated heterocycles. The van der Waals surface area contributed by atoms with Crippen molar-refractivity contribution < 1.29 is 0 Å². The average molecular weight is 310 g/mol. The van der Waals surface area contributed by atoms with E-state index in [1.165, 1.54) is 11.3 Å². The molecule has 0 aliphatic carbocycles. The highest BCUT2D eigenvalue weighted by Crippen LogP contribution is 2.34. The molecule has 0 fully saturated rings. The van der Waals surface area contributed by atoms with Gasteiger partial charge < -0.3 is 9.80 Å². The van der Waals surface area contributed by atoms with Gasteiger partial charge in [-0.05, 0) is 37.8 Å². The number of anilines is 3. The Morgan fingerprint density at radius 1 is 1.09 bits per heavy atom. The van der Waals surface area contributed by atoms with Crippen LogP contribution in [0.4, 0.5) is 17.5 Å². The quantitative estimate of drug-likeness (QED) is 0.804. The summed E-state index contributed by atoms with van der Waals surface area (Å²) in [5, 5.41) is 0. The second-order valence-corrected chi connectivity index (χ2v) is 6.18. The highest BCUT2D eigenvalue weighted by molar-refractivity contribution is 5.68. The second-order valence-electron chi connectivity index (χ2n) is 6.18. The van der Waals surface area contributed by atoms with E-state index in [2.05, 4.69) is 65.9 Å². The van der Waals surface area contributed by atoms with Gasteiger partial charge in [0.1, 0.15) is 5.82 Å². The van der Waals surface area contributed by atoms with Crippen molar-refractivity contribution in [3.8, 4) is 0 Å². The molecule has 0 spiro atoms. The van der Waals surface area contributed by atoms with Gasteiger partial charge in [0.15, 0.2) is 0 Å². The highest BCUT2D eigenvalue weighted by atomic mass is 15.3. The topological polar surface area (TPSA) is 32.3 Å². The Kier molecular flexibility index (Phi) is 4.79. The minimum Gasteiger partial charge on any atom is -0.341 e. The third-order valence-corrected chi connectivity index (χ3v) is 4.26. The maximum absolute atomic E-state index is 4.89. The summed E-state index contributed by atoms with van der Waals surface area (Å²) in [7, 11) is 0. The third-order valence-electron chi connectivity index (χ3n) is 4.26. The third kappa shape index (κ3) is 3.31. The lowest BCUT2D eigenvalue weighted by atomic mass is 10.2. The van der Waals surface area contributed by atoms with E-state index in [1.54, 1.807) is 0 Å². The molecule has 1 aromatic carbocycles. The maximum Gasteiger partial charge on any atom is 0.227 e. The summed E-state index contributed by atoms with van der Waals surface area (Å²) in [6.45, 7) is 9.48. The number of benzene rings is 1. The van der Waals surface area contributed by atoms with Crippen LogP contribution in [-0.2, 0) is 6.42 Å². The molecule has 0 atom stereocenters. The lowest BCUT2D eigenvalue weighted by molar-refractivity contribution is 0.718. The van der Waals surface area contributed by atoms with E-state index in [9.17, 15) is 0 Å². The van der Waals surface area contributed by atoms with Gasteiger partial charge in [-0.1, -0.05) is 32.0 Å². The molecule has 1 aliphatic rings. The van der Waals surface area contributed by atoms with Crippen LogP contribution in [-0.4, -0.2) is 29.6 Å². The normalized spacial score (nSPS) is 13.3. The summed E-state index contributed by atoms with van der Waals surface area (Å²) >= 11 is 0. The van der Waals surface area contributed by atoms with E-state index >= 15 is 0 Å². The number of nitrogens with zero attached hydrogens (tertiary/aromatic N) is 4. The molecule has 0 amide bonds. The summed E-state index contributed by atoms with van der Waals surface area (Å²) in [6.07, 6.45) is 3.31. The van der Waals surface area contributed by atoms with E-state index in [1.807, 2.05) is 0 Å². The monoisotopic (exact) mass is 310 g/mol. The number of aryl methyl sites for hydroxylation is 1. The minimum absolute atomic E-state index is 0.869. The van der Waals surface area contributed by atoms with E-state index in [-0.39, 0.29) is 0 Å². The molecule has 0 saturated carbocycles. The molecule has 0 unspecified atom stereocenters. The van der Waals surface area contributed by atoms with Crippen molar-refractivity contribution in [3.05, 3.63) is 41.6 Å². The molecule has 122 valence electrons. The van der Waals surface area contributed by atoms with Gasteiger partial charge in [-0.15, -0.1) is 0 Å².